The van der Waals surface area contributed by atoms with Crippen LogP contribution in [-0.2, 0) is 22.3 Å². The van der Waals surface area contributed by atoms with Crippen molar-refractivity contribution in [3.63, 3.8) is 0 Å². The number of nitrogens with zero attached hydrogens (tertiary/aromatic N) is 1. The number of pyridine rings is 1. The fourth-order valence-corrected chi connectivity index (χ4v) is 1.93. The molecule has 0 aliphatic heterocycles. The first-order chi connectivity index (χ1) is 9.34. The fraction of sp³-hybridized carbons (Fsp3) is 0.231. The third kappa shape index (κ3) is 2.52. The number of halogens is 3. The van der Waals surface area contributed by atoms with Crippen LogP contribution in [-0.4, -0.2) is 17.6 Å². The van der Waals surface area contributed by atoms with Gasteiger partial charge < -0.3 is 4.74 Å². The van der Waals surface area contributed by atoms with Crippen LogP contribution < -0.4 is 5.56 Å². The summed E-state index contributed by atoms with van der Waals surface area (Å²) in [6, 6.07) is 5.58. The van der Waals surface area contributed by atoms with E-state index in [2.05, 4.69) is 4.74 Å². The van der Waals surface area contributed by atoms with Gasteiger partial charge in [0.25, 0.3) is 5.56 Å². The molecule has 7 heteroatoms. The first-order valence-corrected chi connectivity index (χ1v) is 5.61. The molecule has 0 bridgehead atoms. The van der Waals surface area contributed by atoms with Crippen molar-refractivity contribution in [2.45, 2.75) is 12.7 Å². The van der Waals surface area contributed by atoms with Crippen LogP contribution in [0.4, 0.5) is 13.2 Å². The molecule has 1 heterocycles. The topological polar surface area (TPSA) is 48.3 Å². The minimum absolute atomic E-state index is 0.0396. The van der Waals surface area contributed by atoms with E-state index in [9.17, 15) is 22.8 Å². The van der Waals surface area contributed by atoms with Crippen LogP contribution >= 0.6 is 0 Å². The third-order valence-electron chi connectivity index (χ3n) is 2.85. The minimum Gasteiger partial charge on any atom is -0.468 e. The Hall–Kier alpha value is -2.31. The molecule has 0 atom stereocenters. The summed E-state index contributed by atoms with van der Waals surface area (Å²) >= 11 is 0. The Morgan fingerprint density at radius 2 is 1.95 bits per heavy atom. The number of aromatic nitrogens is 1. The van der Waals surface area contributed by atoms with Gasteiger partial charge in [0.05, 0.1) is 18.2 Å². The average Bonchev–Trinajstić information content (AvgIpc) is 2.40. The summed E-state index contributed by atoms with van der Waals surface area (Å²) in [7, 11) is 1.14. The lowest BCUT2D eigenvalue weighted by Gasteiger charge is -2.13. The van der Waals surface area contributed by atoms with Crippen LogP contribution in [0.3, 0.4) is 0 Å². The summed E-state index contributed by atoms with van der Waals surface area (Å²) in [6.07, 6.45) is -4.53. The maximum absolute atomic E-state index is 12.9. The number of fused-ring (bicyclic) bond motifs is 1. The van der Waals surface area contributed by atoms with Crippen molar-refractivity contribution < 1.29 is 22.7 Å². The summed E-state index contributed by atoms with van der Waals surface area (Å²) in [4.78, 5) is 23.0. The lowest BCUT2D eigenvalue weighted by atomic mass is 10.1. The molecule has 0 fully saturated rings. The second kappa shape index (κ2) is 4.99. The molecular weight excluding hydrogens is 275 g/mol. The molecule has 0 saturated heterocycles. The molecule has 0 aliphatic carbocycles. The molecule has 2 rings (SSSR count). The Morgan fingerprint density at radius 1 is 1.25 bits per heavy atom. The Bertz CT molecular complexity index is 719. The zero-order chi connectivity index (χ0) is 14.9. The van der Waals surface area contributed by atoms with Crippen LogP contribution in [0.2, 0.25) is 0 Å². The van der Waals surface area contributed by atoms with Crippen LogP contribution in [0, 0.1) is 0 Å². The molecule has 0 N–H and O–H groups in total. The highest BCUT2D eigenvalue weighted by Crippen LogP contribution is 2.34. The van der Waals surface area contributed by atoms with Gasteiger partial charge in [0.1, 0.15) is 6.54 Å². The van der Waals surface area contributed by atoms with E-state index in [1.165, 1.54) is 12.1 Å². The largest absolute Gasteiger partial charge is 0.468 e. The second-order valence-corrected chi connectivity index (χ2v) is 4.07. The lowest BCUT2D eigenvalue weighted by molar-refractivity contribution is -0.141. The highest BCUT2D eigenvalue weighted by Gasteiger charge is 2.32. The van der Waals surface area contributed by atoms with Crippen molar-refractivity contribution in [1.82, 2.24) is 4.57 Å². The minimum atomic E-state index is -4.53. The van der Waals surface area contributed by atoms with Gasteiger partial charge in [0.15, 0.2) is 0 Å². The highest BCUT2D eigenvalue weighted by molar-refractivity contribution is 5.84. The molecule has 2 aromatic rings. The smallest absolute Gasteiger partial charge is 0.417 e. The van der Waals surface area contributed by atoms with Gasteiger partial charge in [-0.15, -0.1) is 0 Å². The molecular formula is C13H10F3NO3. The van der Waals surface area contributed by atoms with Crippen molar-refractivity contribution in [3.8, 4) is 0 Å². The quantitative estimate of drug-likeness (QED) is 0.795. The zero-order valence-corrected chi connectivity index (χ0v) is 10.4. The predicted molar refractivity (Wildman–Crippen MR) is 65.2 cm³/mol. The van der Waals surface area contributed by atoms with E-state index in [1.807, 2.05) is 0 Å². The van der Waals surface area contributed by atoms with Gasteiger partial charge in [0.2, 0.25) is 0 Å². The molecule has 0 amide bonds. The second-order valence-electron chi connectivity index (χ2n) is 4.07. The van der Waals surface area contributed by atoms with E-state index in [1.54, 1.807) is 0 Å². The summed E-state index contributed by atoms with van der Waals surface area (Å²) in [6.45, 7) is -0.437. The number of esters is 1. The molecule has 0 radical (unpaired) electrons. The highest BCUT2D eigenvalue weighted by atomic mass is 19.4. The van der Waals surface area contributed by atoms with Gasteiger partial charge in [-0.05, 0) is 18.2 Å². The summed E-state index contributed by atoms with van der Waals surface area (Å²) < 4.78 is 44.1. The number of hydrogen-bond donors (Lipinski definition) is 0. The first-order valence-electron chi connectivity index (χ1n) is 5.61. The standard InChI is InChI=1S/C13H10F3NO3/c1-20-12(19)7-17-10-4-2-3-9(13(14,15)16)8(10)5-6-11(17)18/h2-6H,7H2,1H3. The maximum atomic E-state index is 12.9. The number of carbonyl (C=O) groups is 1. The molecule has 0 spiro atoms. The molecule has 106 valence electrons. The van der Waals surface area contributed by atoms with Gasteiger partial charge >= 0.3 is 12.1 Å². The number of benzene rings is 1. The van der Waals surface area contributed by atoms with Crippen molar-refractivity contribution in [3.05, 3.63) is 46.2 Å². The lowest BCUT2D eigenvalue weighted by Crippen LogP contribution is -2.25. The predicted octanol–water partition coefficient (Wildman–Crippen LogP) is 2.19. The molecule has 1 aromatic carbocycles. The van der Waals surface area contributed by atoms with Crippen LogP contribution in [0.25, 0.3) is 10.9 Å². The number of hydrogen-bond acceptors (Lipinski definition) is 3. The normalized spacial score (nSPS) is 11.6. The van der Waals surface area contributed by atoms with E-state index in [0.29, 0.717) is 0 Å². The van der Waals surface area contributed by atoms with Crippen LogP contribution in [0.5, 0.6) is 0 Å². The third-order valence-corrected chi connectivity index (χ3v) is 2.85. The SMILES string of the molecule is COC(=O)Cn1c(=O)ccc2c(C(F)(F)F)cccc21. The molecule has 0 unspecified atom stereocenters. The molecule has 4 nitrogen and oxygen atoms in total. The number of alkyl halides is 3. The molecule has 0 saturated carbocycles. The van der Waals surface area contributed by atoms with Gasteiger partial charge in [-0.3, -0.25) is 14.2 Å². The van der Waals surface area contributed by atoms with Crippen LogP contribution in [0.1, 0.15) is 5.56 Å². The molecule has 0 aliphatic rings. The zero-order valence-electron chi connectivity index (χ0n) is 10.4. The Labute approximate surface area is 111 Å². The van der Waals surface area contributed by atoms with Gasteiger partial charge in [-0.2, -0.15) is 13.2 Å². The number of methoxy groups -OCH3 is 1. The monoisotopic (exact) mass is 285 g/mol. The van der Waals surface area contributed by atoms with Crippen LogP contribution in [0.15, 0.2) is 35.1 Å². The Morgan fingerprint density at radius 3 is 2.55 bits per heavy atom. The summed E-state index contributed by atoms with van der Waals surface area (Å²) in [5, 5.41) is -0.136. The summed E-state index contributed by atoms with van der Waals surface area (Å²) in [5.41, 5.74) is -1.38. The summed E-state index contributed by atoms with van der Waals surface area (Å²) in [5.74, 6) is -0.711. The van der Waals surface area contributed by atoms with Crippen molar-refractivity contribution >= 4 is 16.9 Å². The van der Waals surface area contributed by atoms with E-state index < -0.39 is 29.8 Å². The van der Waals surface area contributed by atoms with Crippen molar-refractivity contribution in [2.24, 2.45) is 0 Å². The average molecular weight is 285 g/mol. The van der Waals surface area contributed by atoms with Crippen molar-refractivity contribution in [2.75, 3.05) is 7.11 Å². The fourth-order valence-electron chi connectivity index (χ4n) is 1.93. The van der Waals surface area contributed by atoms with Gasteiger partial charge in [0, 0.05) is 11.5 Å². The van der Waals surface area contributed by atoms with Gasteiger partial charge in [-0.1, -0.05) is 6.07 Å². The van der Waals surface area contributed by atoms with Crippen molar-refractivity contribution in [1.29, 1.82) is 0 Å². The number of ether oxygens (including phenoxy) is 1. The first kappa shape index (κ1) is 14.1. The maximum Gasteiger partial charge on any atom is 0.417 e. The van der Waals surface area contributed by atoms with E-state index >= 15 is 0 Å². The molecule has 20 heavy (non-hydrogen) atoms. The van der Waals surface area contributed by atoms with E-state index in [4.69, 9.17) is 0 Å². The Balaban J connectivity index is 2.73. The number of carbonyl (C=O) groups excluding carboxylic acids is 1. The van der Waals surface area contributed by atoms with E-state index in [-0.39, 0.29) is 10.9 Å². The Kier molecular flexibility index (Phi) is 3.52. The van der Waals surface area contributed by atoms with E-state index in [0.717, 1.165) is 29.9 Å². The number of rotatable bonds is 2. The molecule has 1 aromatic heterocycles. The van der Waals surface area contributed by atoms with Gasteiger partial charge in [-0.25, -0.2) is 0 Å².